The van der Waals surface area contributed by atoms with Crippen molar-refractivity contribution in [3.05, 3.63) is 65.7 Å². The maximum Gasteiger partial charge on any atom is 0.326 e. The van der Waals surface area contributed by atoms with E-state index in [4.69, 9.17) is 0 Å². The van der Waals surface area contributed by atoms with E-state index in [0.717, 1.165) is 12.1 Å². The summed E-state index contributed by atoms with van der Waals surface area (Å²) in [5, 5.41) is 11.5. The molecule has 0 fully saturated rings. The fourth-order valence-corrected chi connectivity index (χ4v) is 3.46. The Morgan fingerprint density at radius 1 is 1.08 bits per heavy atom. The maximum absolute atomic E-state index is 13.1. The smallest absolute Gasteiger partial charge is 0.326 e. The van der Waals surface area contributed by atoms with Crippen LogP contribution in [0.25, 0.3) is 0 Å². The Hall–Kier alpha value is -2.61. The van der Waals surface area contributed by atoms with Crippen molar-refractivity contribution in [1.82, 2.24) is 5.32 Å². The minimum absolute atomic E-state index is 0.0416. The van der Waals surface area contributed by atoms with Crippen LogP contribution >= 0.6 is 0 Å². The molecule has 0 unspecified atom stereocenters. The van der Waals surface area contributed by atoms with Gasteiger partial charge < -0.3 is 10.4 Å². The molecule has 26 heavy (non-hydrogen) atoms. The van der Waals surface area contributed by atoms with Gasteiger partial charge in [-0.15, -0.1) is 0 Å². The van der Waals surface area contributed by atoms with Crippen molar-refractivity contribution in [3.8, 4) is 0 Å². The highest BCUT2D eigenvalue weighted by atomic mass is 32.2. The van der Waals surface area contributed by atoms with E-state index in [0.29, 0.717) is 11.0 Å². The Balaban J connectivity index is 1.93. The molecule has 0 bridgehead atoms. The average Bonchev–Trinajstić information content (AvgIpc) is 2.57. The van der Waals surface area contributed by atoms with E-state index in [1.807, 2.05) is 0 Å². The summed E-state index contributed by atoms with van der Waals surface area (Å²) in [5.41, 5.74) is 0.0944. The van der Waals surface area contributed by atoms with Crippen LogP contribution in [0.2, 0.25) is 0 Å². The number of nitrogens with one attached hydrogen (secondary N) is 1. The largest absolute Gasteiger partial charge is 0.480 e. The summed E-state index contributed by atoms with van der Waals surface area (Å²) in [4.78, 5) is 23.8. The Morgan fingerprint density at radius 2 is 1.69 bits per heavy atom. The zero-order valence-electron chi connectivity index (χ0n) is 13.7. The topological polar surface area (TPSA) is 83.5 Å². The summed E-state index contributed by atoms with van der Waals surface area (Å²) >= 11 is 0. The molecule has 2 aromatic rings. The minimum atomic E-state index is -1.39. The Morgan fingerprint density at radius 3 is 2.27 bits per heavy atom. The van der Waals surface area contributed by atoms with Crippen molar-refractivity contribution in [2.24, 2.45) is 0 Å². The second-order valence-corrected chi connectivity index (χ2v) is 7.13. The summed E-state index contributed by atoms with van der Waals surface area (Å²) in [6, 6.07) is 10.0. The Kier molecular flexibility index (Phi) is 6.97. The standard InChI is InChI=1S/C18H17F2NO4S/c19-13-8-12(9-14(20)11-13)10-17(22)21-16(18(23)24)6-7-26(25)15-4-2-1-3-5-15/h1-5,8-9,11,16H,6-7,10H2,(H,21,22)(H,23,24)/t16-,26+/m0/s1. The van der Waals surface area contributed by atoms with Gasteiger partial charge in [0.2, 0.25) is 5.91 Å². The van der Waals surface area contributed by atoms with Gasteiger partial charge in [0.15, 0.2) is 0 Å². The fourth-order valence-electron chi connectivity index (χ4n) is 2.32. The highest BCUT2D eigenvalue weighted by Gasteiger charge is 2.21. The summed E-state index contributed by atoms with van der Waals surface area (Å²) < 4.78 is 38.4. The van der Waals surface area contributed by atoms with Crippen LogP contribution in [-0.2, 0) is 26.8 Å². The van der Waals surface area contributed by atoms with Crippen LogP contribution in [0.5, 0.6) is 0 Å². The zero-order valence-corrected chi connectivity index (χ0v) is 14.5. The van der Waals surface area contributed by atoms with Crippen molar-refractivity contribution in [3.63, 3.8) is 0 Å². The summed E-state index contributed by atoms with van der Waals surface area (Å²) in [5.74, 6) is -3.54. The molecule has 2 aromatic carbocycles. The molecule has 0 aliphatic rings. The van der Waals surface area contributed by atoms with Crippen molar-refractivity contribution in [2.75, 3.05) is 5.75 Å². The minimum Gasteiger partial charge on any atom is -0.480 e. The van der Waals surface area contributed by atoms with Crippen molar-refractivity contribution in [2.45, 2.75) is 23.8 Å². The first-order valence-corrected chi connectivity index (χ1v) is 9.07. The quantitative estimate of drug-likeness (QED) is 0.735. The lowest BCUT2D eigenvalue weighted by Gasteiger charge is -2.14. The van der Waals surface area contributed by atoms with Gasteiger partial charge in [-0.1, -0.05) is 18.2 Å². The molecule has 0 aromatic heterocycles. The first-order chi connectivity index (χ1) is 12.3. The van der Waals surface area contributed by atoms with E-state index in [2.05, 4.69) is 5.32 Å². The third-order valence-electron chi connectivity index (χ3n) is 3.52. The number of halogens is 2. The van der Waals surface area contributed by atoms with Gasteiger partial charge in [-0.05, 0) is 36.2 Å². The number of aliphatic carboxylic acids is 1. The predicted molar refractivity (Wildman–Crippen MR) is 92.0 cm³/mol. The van der Waals surface area contributed by atoms with Gasteiger partial charge in [-0.25, -0.2) is 13.6 Å². The molecule has 2 rings (SSSR count). The van der Waals surface area contributed by atoms with E-state index in [-0.39, 0.29) is 24.2 Å². The van der Waals surface area contributed by atoms with Crippen LogP contribution < -0.4 is 5.32 Å². The third-order valence-corrected chi connectivity index (χ3v) is 4.92. The molecule has 0 saturated carbocycles. The summed E-state index contributed by atoms with van der Waals surface area (Å²) in [6.45, 7) is 0. The van der Waals surface area contributed by atoms with Gasteiger partial charge in [0.25, 0.3) is 0 Å². The molecular formula is C18H17F2NO4S. The van der Waals surface area contributed by atoms with Crippen LogP contribution in [0.1, 0.15) is 12.0 Å². The molecule has 2 N–H and O–H groups in total. The second kappa shape index (κ2) is 9.19. The van der Waals surface area contributed by atoms with Crippen LogP contribution in [0.3, 0.4) is 0 Å². The van der Waals surface area contributed by atoms with Crippen LogP contribution in [0, 0.1) is 11.6 Å². The SMILES string of the molecule is O=C(Cc1cc(F)cc(F)c1)N[C@@H](CC[S@@](=O)c1ccccc1)C(=O)O. The molecule has 5 nitrogen and oxygen atoms in total. The number of carbonyl (C=O) groups excluding carboxylic acids is 1. The molecule has 8 heteroatoms. The lowest BCUT2D eigenvalue weighted by molar-refractivity contribution is -0.141. The molecule has 0 saturated heterocycles. The van der Waals surface area contributed by atoms with Gasteiger partial charge >= 0.3 is 5.97 Å². The number of hydrogen-bond acceptors (Lipinski definition) is 3. The number of carboxylic acids is 1. The number of amides is 1. The number of benzene rings is 2. The number of rotatable bonds is 8. The zero-order chi connectivity index (χ0) is 19.1. The fraction of sp³-hybridized carbons (Fsp3) is 0.222. The molecular weight excluding hydrogens is 364 g/mol. The van der Waals surface area contributed by atoms with Gasteiger partial charge in [0, 0.05) is 16.7 Å². The third kappa shape index (κ3) is 6.03. The highest BCUT2D eigenvalue weighted by molar-refractivity contribution is 7.85. The first kappa shape index (κ1) is 19.7. The molecule has 0 spiro atoms. The Labute approximate surface area is 151 Å². The lowest BCUT2D eigenvalue weighted by atomic mass is 10.1. The van der Waals surface area contributed by atoms with Gasteiger partial charge in [0.05, 0.1) is 17.2 Å². The normalized spacial score (nSPS) is 13.0. The van der Waals surface area contributed by atoms with Crippen LogP contribution in [-0.4, -0.2) is 33.0 Å². The van der Waals surface area contributed by atoms with E-state index in [9.17, 15) is 27.7 Å². The number of carbonyl (C=O) groups is 2. The van der Waals surface area contributed by atoms with Crippen molar-refractivity contribution >= 4 is 22.7 Å². The molecule has 0 aliphatic heterocycles. The van der Waals surface area contributed by atoms with E-state index in [1.54, 1.807) is 30.3 Å². The summed E-state index contributed by atoms with van der Waals surface area (Å²) in [7, 11) is -1.39. The second-order valence-electron chi connectivity index (χ2n) is 5.56. The molecule has 138 valence electrons. The van der Waals surface area contributed by atoms with E-state index >= 15 is 0 Å². The molecule has 2 atom stereocenters. The van der Waals surface area contributed by atoms with Gasteiger partial charge in [-0.2, -0.15) is 0 Å². The number of hydrogen-bond donors (Lipinski definition) is 2. The predicted octanol–water partition coefficient (Wildman–Crippen LogP) is 2.27. The molecule has 1 amide bonds. The van der Waals surface area contributed by atoms with Crippen molar-refractivity contribution in [1.29, 1.82) is 0 Å². The average molecular weight is 381 g/mol. The molecule has 0 radical (unpaired) electrons. The first-order valence-electron chi connectivity index (χ1n) is 7.75. The summed E-state index contributed by atoms with van der Waals surface area (Å²) in [6.07, 6.45) is -0.402. The van der Waals surface area contributed by atoms with Crippen LogP contribution in [0.15, 0.2) is 53.4 Å². The molecule has 0 aliphatic carbocycles. The van der Waals surface area contributed by atoms with E-state index < -0.39 is 40.4 Å². The maximum atomic E-state index is 13.1. The Bertz CT molecular complexity index is 794. The van der Waals surface area contributed by atoms with Crippen molar-refractivity contribution < 1.29 is 27.7 Å². The monoisotopic (exact) mass is 381 g/mol. The van der Waals surface area contributed by atoms with Crippen LogP contribution in [0.4, 0.5) is 8.78 Å². The highest BCUT2D eigenvalue weighted by Crippen LogP contribution is 2.10. The number of carboxylic acid groups (broad SMARTS) is 1. The van der Waals surface area contributed by atoms with Gasteiger partial charge in [-0.3, -0.25) is 9.00 Å². The van der Waals surface area contributed by atoms with Gasteiger partial charge in [0.1, 0.15) is 17.7 Å². The lowest BCUT2D eigenvalue weighted by Crippen LogP contribution is -2.42. The van der Waals surface area contributed by atoms with E-state index in [1.165, 1.54) is 0 Å². The molecule has 0 heterocycles.